The third-order valence-corrected chi connectivity index (χ3v) is 3.70. The van der Waals surface area contributed by atoms with Gasteiger partial charge in [0.1, 0.15) is 5.01 Å². The van der Waals surface area contributed by atoms with Crippen LogP contribution in [0.1, 0.15) is 51.0 Å². The van der Waals surface area contributed by atoms with Crippen molar-refractivity contribution in [3.8, 4) is 0 Å². The van der Waals surface area contributed by atoms with E-state index in [1.807, 2.05) is 6.92 Å². The van der Waals surface area contributed by atoms with Gasteiger partial charge in [-0.3, -0.25) is 4.79 Å². The Morgan fingerprint density at radius 2 is 2.06 bits per heavy atom. The Hall–Kier alpha value is -1.01. The lowest BCUT2D eigenvalue weighted by atomic mass is 10.1. The lowest BCUT2D eigenvalue weighted by molar-refractivity contribution is -0.117. The number of aromatic nitrogens is 2. The van der Waals surface area contributed by atoms with Gasteiger partial charge in [-0.05, 0) is 19.8 Å². The van der Waals surface area contributed by atoms with Gasteiger partial charge in [-0.25, -0.2) is 0 Å². The first-order valence-corrected chi connectivity index (χ1v) is 7.23. The van der Waals surface area contributed by atoms with Crippen molar-refractivity contribution in [3.05, 3.63) is 5.01 Å². The molecule has 0 atom stereocenters. The van der Waals surface area contributed by atoms with Gasteiger partial charge in [0, 0.05) is 12.5 Å². The average Bonchev–Trinajstić information content (AvgIpc) is 2.79. The van der Waals surface area contributed by atoms with Gasteiger partial charge < -0.3 is 10.1 Å². The zero-order valence-electron chi connectivity index (χ0n) is 11.2. The van der Waals surface area contributed by atoms with Crippen molar-refractivity contribution < 1.29 is 9.53 Å². The van der Waals surface area contributed by atoms with E-state index >= 15 is 0 Å². The Bertz CT molecular complexity index is 364. The van der Waals surface area contributed by atoms with Crippen LogP contribution in [0.3, 0.4) is 0 Å². The zero-order valence-corrected chi connectivity index (χ0v) is 12.0. The fraction of sp³-hybridized carbons (Fsp3) is 0.750. The summed E-state index contributed by atoms with van der Waals surface area (Å²) in [6.45, 7) is 7.25. The van der Waals surface area contributed by atoms with Crippen LogP contribution in [-0.4, -0.2) is 29.3 Å². The van der Waals surface area contributed by atoms with Gasteiger partial charge in [0.05, 0.1) is 13.0 Å². The number of ether oxygens (including phenoxy) is 1. The second kappa shape index (κ2) is 8.16. The number of rotatable bonds is 8. The molecule has 1 aromatic heterocycles. The largest absolute Gasteiger partial charge is 0.381 e. The van der Waals surface area contributed by atoms with Gasteiger partial charge in [0.25, 0.3) is 0 Å². The fourth-order valence-electron chi connectivity index (χ4n) is 1.58. The average molecular weight is 271 g/mol. The van der Waals surface area contributed by atoms with Crippen LogP contribution in [0.4, 0.5) is 5.13 Å². The van der Waals surface area contributed by atoms with Crippen LogP contribution in [0.5, 0.6) is 0 Å². The summed E-state index contributed by atoms with van der Waals surface area (Å²) in [5, 5.41) is 12.5. The number of amides is 1. The number of anilines is 1. The number of hydrogen-bond donors (Lipinski definition) is 1. The Labute approximate surface area is 112 Å². The van der Waals surface area contributed by atoms with E-state index in [0.717, 1.165) is 17.8 Å². The second-order valence-electron chi connectivity index (χ2n) is 3.95. The molecular formula is C12H21N3O2S. The van der Waals surface area contributed by atoms with Crippen LogP contribution in [-0.2, 0) is 9.53 Å². The van der Waals surface area contributed by atoms with E-state index in [-0.39, 0.29) is 5.91 Å². The molecule has 0 spiro atoms. The van der Waals surface area contributed by atoms with Crippen molar-refractivity contribution in [1.29, 1.82) is 0 Å². The summed E-state index contributed by atoms with van der Waals surface area (Å²) in [7, 11) is 0. The van der Waals surface area contributed by atoms with Gasteiger partial charge in [-0.1, -0.05) is 25.2 Å². The Balaban J connectivity index is 2.45. The third-order valence-electron chi connectivity index (χ3n) is 2.70. The summed E-state index contributed by atoms with van der Waals surface area (Å²) in [6, 6.07) is 0. The first-order valence-electron chi connectivity index (χ1n) is 6.42. The van der Waals surface area contributed by atoms with Crippen molar-refractivity contribution >= 4 is 22.4 Å². The predicted octanol–water partition coefficient (Wildman–Crippen LogP) is 2.81. The number of nitrogens with one attached hydrogen (secondary N) is 1. The highest BCUT2D eigenvalue weighted by Crippen LogP contribution is 2.27. The molecule has 0 aliphatic heterocycles. The van der Waals surface area contributed by atoms with Crippen molar-refractivity contribution in [1.82, 2.24) is 10.2 Å². The van der Waals surface area contributed by atoms with E-state index in [2.05, 4.69) is 29.4 Å². The minimum atomic E-state index is -0.0734. The Kier molecular flexibility index (Phi) is 6.82. The van der Waals surface area contributed by atoms with Crippen LogP contribution in [0.15, 0.2) is 0 Å². The fourth-order valence-corrected chi connectivity index (χ4v) is 2.61. The maximum Gasteiger partial charge on any atom is 0.228 e. The highest BCUT2D eigenvalue weighted by molar-refractivity contribution is 7.15. The monoisotopic (exact) mass is 271 g/mol. The van der Waals surface area contributed by atoms with Gasteiger partial charge in [-0.15, -0.1) is 10.2 Å². The van der Waals surface area contributed by atoms with Crippen LogP contribution in [0.2, 0.25) is 0 Å². The molecule has 1 amide bonds. The minimum absolute atomic E-state index is 0.0734. The summed E-state index contributed by atoms with van der Waals surface area (Å²) in [5.74, 6) is 0.368. The Morgan fingerprint density at radius 1 is 1.33 bits per heavy atom. The molecule has 0 aliphatic carbocycles. The molecule has 1 rings (SSSR count). The van der Waals surface area contributed by atoms with Crippen molar-refractivity contribution in [2.45, 2.75) is 46.0 Å². The number of nitrogens with zero attached hydrogens (tertiary/aromatic N) is 2. The van der Waals surface area contributed by atoms with Crippen molar-refractivity contribution in [2.24, 2.45) is 0 Å². The molecule has 0 fully saturated rings. The number of carbonyl (C=O) groups is 1. The molecule has 6 heteroatoms. The first-order chi connectivity index (χ1) is 8.71. The molecule has 5 nitrogen and oxygen atoms in total. The van der Waals surface area contributed by atoms with Crippen LogP contribution in [0.25, 0.3) is 0 Å². The normalized spacial score (nSPS) is 10.9. The summed E-state index contributed by atoms with van der Waals surface area (Å²) in [6.07, 6.45) is 2.45. The lowest BCUT2D eigenvalue weighted by Crippen LogP contribution is -2.13. The van der Waals surface area contributed by atoms with E-state index in [1.54, 1.807) is 0 Å². The second-order valence-corrected chi connectivity index (χ2v) is 4.96. The summed E-state index contributed by atoms with van der Waals surface area (Å²) < 4.78 is 5.13. The molecule has 0 saturated heterocycles. The molecule has 0 aliphatic rings. The third kappa shape index (κ3) is 4.70. The highest BCUT2D eigenvalue weighted by Gasteiger charge is 2.14. The van der Waals surface area contributed by atoms with Crippen LogP contribution >= 0.6 is 11.3 Å². The van der Waals surface area contributed by atoms with Gasteiger partial charge in [0.15, 0.2) is 0 Å². The smallest absolute Gasteiger partial charge is 0.228 e. The summed E-state index contributed by atoms with van der Waals surface area (Å²) in [5.41, 5.74) is 0. The molecule has 1 N–H and O–H groups in total. The molecule has 0 unspecified atom stereocenters. The summed E-state index contributed by atoms with van der Waals surface area (Å²) >= 11 is 1.46. The topological polar surface area (TPSA) is 64.1 Å². The molecule has 0 radical (unpaired) electrons. The van der Waals surface area contributed by atoms with E-state index in [9.17, 15) is 4.79 Å². The van der Waals surface area contributed by atoms with E-state index in [4.69, 9.17) is 4.74 Å². The highest BCUT2D eigenvalue weighted by atomic mass is 32.1. The molecule has 102 valence electrons. The van der Waals surface area contributed by atoms with Gasteiger partial charge in [-0.2, -0.15) is 0 Å². The summed E-state index contributed by atoms with van der Waals surface area (Å²) in [4.78, 5) is 11.6. The van der Waals surface area contributed by atoms with Gasteiger partial charge >= 0.3 is 0 Å². The lowest BCUT2D eigenvalue weighted by Gasteiger charge is -2.05. The van der Waals surface area contributed by atoms with Crippen LogP contribution < -0.4 is 5.32 Å². The molecule has 18 heavy (non-hydrogen) atoms. The van der Waals surface area contributed by atoms with E-state index in [1.165, 1.54) is 11.3 Å². The first kappa shape index (κ1) is 15.0. The maximum absolute atomic E-state index is 11.6. The maximum atomic E-state index is 11.6. The molecule has 0 saturated carbocycles. The minimum Gasteiger partial charge on any atom is -0.381 e. The van der Waals surface area contributed by atoms with Crippen molar-refractivity contribution in [3.63, 3.8) is 0 Å². The van der Waals surface area contributed by atoms with Gasteiger partial charge in [0.2, 0.25) is 11.0 Å². The predicted molar refractivity (Wildman–Crippen MR) is 73.0 cm³/mol. The number of carbonyl (C=O) groups excluding carboxylic acids is 1. The van der Waals surface area contributed by atoms with Crippen LogP contribution in [0, 0.1) is 0 Å². The van der Waals surface area contributed by atoms with Crippen molar-refractivity contribution in [2.75, 3.05) is 18.5 Å². The zero-order chi connectivity index (χ0) is 13.4. The SMILES string of the molecule is CCOCCC(=O)Nc1nnc(C(CC)CC)s1. The molecule has 1 aromatic rings. The molecule has 0 aromatic carbocycles. The molecule has 0 bridgehead atoms. The number of hydrogen-bond acceptors (Lipinski definition) is 5. The molecular weight excluding hydrogens is 250 g/mol. The van der Waals surface area contributed by atoms with E-state index in [0.29, 0.717) is 30.7 Å². The molecule has 1 heterocycles. The van der Waals surface area contributed by atoms with E-state index < -0.39 is 0 Å². The standard InChI is InChI=1S/C12H21N3O2S/c1-4-9(5-2)11-14-15-12(18-11)13-10(16)7-8-17-6-3/h9H,4-8H2,1-3H3,(H,13,15,16). The Morgan fingerprint density at radius 3 is 2.67 bits per heavy atom. The quantitative estimate of drug-likeness (QED) is 0.738.